The highest BCUT2D eigenvalue weighted by atomic mass is 16.2. The molecule has 2 aromatic heterocycles. The number of pyridine rings is 1. The summed E-state index contributed by atoms with van der Waals surface area (Å²) in [6, 6.07) is 8.87. The summed E-state index contributed by atoms with van der Waals surface area (Å²) < 4.78 is 1.75. The van der Waals surface area contributed by atoms with Crippen molar-refractivity contribution in [1.29, 1.82) is 0 Å². The van der Waals surface area contributed by atoms with Gasteiger partial charge in [-0.1, -0.05) is 12.1 Å². The largest absolute Gasteiger partial charge is 0.365 e. The minimum Gasteiger partial charge on any atom is -0.365 e. The second kappa shape index (κ2) is 3.21. The number of amides is 1. The Morgan fingerprint density at radius 1 is 1.24 bits per heavy atom. The van der Waals surface area contributed by atoms with E-state index in [0.717, 1.165) is 11.0 Å². The molecule has 3 aromatic rings. The molecule has 0 aliphatic rings. The number of hydrogen-bond donors (Lipinski definition) is 2. The van der Waals surface area contributed by atoms with E-state index in [1.807, 2.05) is 24.3 Å². The Kier molecular flexibility index (Phi) is 1.82. The molecule has 0 fully saturated rings. The van der Waals surface area contributed by atoms with Crippen LogP contribution in [-0.2, 0) is 0 Å². The fourth-order valence-corrected chi connectivity index (χ4v) is 2.02. The molecule has 0 atom stereocenters. The lowest BCUT2D eigenvalue weighted by molar-refractivity contribution is 0.100. The monoisotopic (exact) mass is 227 g/mol. The van der Waals surface area contributed by atoms with E-state index in [1.165, 1.54) is 6.07 Å². The fourth-order valence-electron chi connectivity index (χ4n) is 2.02. The molecule has 3 rings (SSSR count). The van der Waals surface area contributed by atoms with Crippen molar-refractivity contribution < 1.29 is 4.79 Å². The first-order valence-electron chi connectivity index (χ1n) is 5.10. The number of para-hydroxylation sites is 2. The predicted octanol–water partition coefficient (Wildman–Crippen LogP) is 0.880. The topological polar surface area (TPSA) is 80.4 Å². The third-order valence-electron chi connectivity index (χ3n) is 2.76. The van der Waals surface area contributed by atoms with Gasteiger partial charge in [-0.3, -0.25) is 9.59 Å². The number of primary amides is 1. The minimum atomic E-state index is -0.723. The zero-order valence-electron chi connectivity index (χ0n) is 8.81. The van der Waals surface area contributed by atoms with Crippen molar-refractivity contribution in [2.45, 2.75) is 0 Å². The number of aromatic amines is 1. The number of benzene rings is 1. The highest BCUT2D eigenvalue weighted by Crippen LogP contribution is 2.16. The molecule has 0 unspecified atom stereocenters. The molecule has 0 saturated heterocycles. The second-order valence-electron chi connectivity index (χ2n) is 3.78. The summed E-state index contributed by atoms with van der Waals surface area (Å²) in [7, 11) is 0. The number of H-pyrrole nitrogens is 1. The Morgan fingerprint density at radius 3 is 2.76 bits per heavy atom. The summed E-state index contributed by atoms with van der Waals surface area (Å²) in [4.78, 5) is 25.9. The van der Waals surface area contributed by atoms with E-state index in [9.17, 15) is 9.59 Å². The zero-order valence-corrected chi connectivity index (χ0v) is 8.81. The molecule has 1 aromatic carbocycles. The Balaban J connectivity index is 2.60. The number of nitrogens with two attached hydrogens (primary N) is 1. The summed E-state index contributed by atoms with van der Waals surface area (Å²) in [6.07, 6.45) is 1.63. The van der Waals surface area contributed by atoms with Gasteiger partial charge in [0.25, 0.3) is 5.91 Å². The molecule has 0 spiro atoms. The van der Waals surface area contributed by atoms with Gasteiger partial charge in [-0.2, -0.15) is 0 Å². The van der Waals surface area contributed by atoms with Crippen LogP contribution in [0.15, 0.2) is 41.3 Å². The van der Waals surface area contributed by atoms with E-state index in [-0.39, 0.29) is 11.0 Å². The molecule has 0 radical (unpaired) electrons. The molecule has 0 aliphatic heterocycles. The van der Waals surface area contributed by atoms with Crippen molar-refractivity contribution >= 4 is 22.6 Å². The lowest BCUT2D eigenvalue weighted by Gasteiger charge is -1.98. The van der Waals surface area contributed by atoms with Crippen LogP contribution in [0.5, 0.6) is 0 Å². The van der Waals surface area contributed by atoms with Crippen LogP contribution in [0.25, 0.3) is 16.7 Å². The van der Waals surface area contributed by atoms with E-state index in [2.05, 4.69) is 4.98 Å². The molecule has 1 amide bonds. The van der Waals surface area contributed by atoms with Gasteiger partial charge in [0.1, 0.15) is 11.2 Å². The Morgan fingerprint density at radius 2 is 2.00 bits per heavy atom. The van der Waals surface area contributed by atoms with Gasteiger partial charge in [0.2, 0.25) is 0 Å². The van der Waals surface area contributed by atoms with Gasteiger partial charge in [0, 0.05) is 12.3 Å². The van der Waals surface area contributed by atoms with Gasteiger partial charge in [-0.15, -0.1) is 0 Å². The van der Waals surface area contributed by atoms with Crippen molar-refractivity contribution in [1.82, 2.24) is 9.38 Å². The van der Waals surface area contributed by atoms with Crippen LogP contribution >= 0.6 is 0 Å². The number of imidazole rings is 1. The molecule has 5 nitrogen and oxygen atoms in total. The first kappa shape index (κ1) is 9.65. The quantitative estimate of drug-likeness (QED) is 0.647. The SMILES string of the molecule is NC(=O)c1c(=O)ccn2c1[nH]c1ccccc12. The summed E-state index contributed by atoms with van der Waals surface area (Å²) in [5.74, 6) is -0.723. The molecule has 0 bridgehead atoms. The van der Waals surface area contributed by atoms with Gasteiger partial charge in [0.15, 0.2) is 5.43 Å². The number of aromatic nitrogens is 2. The molecule has 3 N–H and O–H groups in total. The van der Waals surface area contributed by atoms with E-state index in [4.69, 9.17) is 5.73 Å². The number of carbonyl (C=O) groups is 1. The number of nitrogens with zero attached hydrogens (tertiary/aromatic N) is 1. The highest BCUT2D eigenvalue weighted by molar-refractivity contribution is 6.00. The molecular formula is C12H9N3O2. The lowest BCUT2D eigenvalue weighted by Crippen LogP contribution is -2.22. The van der Waals surface area contributed by atoms with Crippen molar-refractivity contribution in [2.24, 2.45) is 5.73 Å². The maximum atomic E-state index is 11.6. The molecule has 5 heteroatoms. The van der Waals surface area contributed by atoms with Crippen molar-refractivity contribution in [2.75, 3.05) is 0 Å². The molecular weight excluding hydrogens is 218 g/mol. The van der Waals surface area contributed by atoms with E-state index >= 15 is 0 Å². The number of hydrogen-bond acceptors (Lipinski definition) is 2. The molecule has 84 valence electrons. The van der Waals surface area contributed by atoms with Crippen molar-refractivity contribution in [3.63, 3.8) is 0 Å². The molecule has 2 heterocycles. The highest BCUT2D eigenvalue weighted by Gasteiger charge is 2.14. The fraction of sp³-hybridized carbons (Fsp3) is 0. The number of nitrogens with one attached hydrogen (secondary N) is 1. The van der Waals surface area contributed by atoms with Gasteiger partial charge in [-0.05, 0) is 12.1 Å². The Labute approximate surface area is 95.5 Å². The summed E-state index contributed by atoms with van der Waals surface area (Å²) >= 11 is 0. The van der Waals surface area contributed by atoms with Crippen LogP contribution in [0.2, 0.25) is 0 Å². The lowest BCUT2D eigenvalue weighted by atomic mass is 10.2. The second-order valence-corrected chi connectivity index (χ2v) is 3.78. The van der Waals surface area contributed by atoms with E-state index in [1.54, 1.807) is 10.6 Å². The Hall–Kier alpha value is -2.56. The van der Waals surface area contributed by atoms with Crippen LogP contribution < -0.4 is 11.2 Å². The average molecular weight is 227 g/mol. The summed E-state index contributed by atoms with van der Waals surface area (Å²) in [5.41, 5.74) is 7.03. The maximum absolute atomic E-state index is 11.6. The first-order chi connectivity index (χ1) is 8.18. The Bertz CT molecular complexity index is 798. The van der Waals surface area contributed by atoms with E-state index < -0.39 is 5.91 Å². The van der Waals surface area contributed by atoms with Crippen LogP contribution in [0, 0.1) is 0 Å². The number of fused-ring (bicyclic) bond motifs is 3. The van der Waals surface area contributed by atoms with Gasteiger partial charge in [-0.25, -0.2) is 0 Å². The standard InChI is InChI=1S/C12H9N3O2/c13-11(17)10-9(16)5-6-15-8-4-2-1-3-7(8)14-12(10)15/h1-6,14H,(H2,13,17). The van der Waals surface area contributed by atoms with Crippen LogP contribution in [-0.4, -0.2) is 15.3 Å². The van der Waals surface area contributed by atoms with E-state index in [0.29, 0.717) is 5.65 Å². The molecule has 0 saturated carbocycles. The third kappa shape index (κ3) is 1.25. The van der Waals surface area contributed by atoms with Crippen molar-refractivity contribution in [3.8, 4) is 0 Å². The number of carbonyl (C=O) groups excluding carboxylic acids is 1. The average Bonchev–Trinajstić information content (AvgIpc) is 2.66. The molecule has 17 heavy (non-hydrogen) atoms. The number of rotatable bonds is 1. The maximum Gasteiger partial charge on any atom is 0.256 e. The first-order valence-corrected chi connectivity index (χ1v) is 5.10. The van der Waals surface area contributed by atoms with Crippen LogP contribution in [0.3, 0.4) is 0 Å². The normalized spacial score (nSPS) is 11.1. The minimum absolute atomic E-state index is 0.0105. The smallest absolute Gasteiger partial charge is 0.256 e. The molecule has 0 aliphatic carbocycles. The van der Waals surface area contributed by atoms with Gasteiger partial charge >= 0.3 is 0 Å². The zero-order chi connectivity index (χ0) is 12.0. The predicted molar refractivity (Wildman–Crippen MR) is 64.0 cm³/mol. The van der Waals surface area contributed by atoms with Crippen LogP contribution in [0.4, 0.5) is 0 Å². The van der Waals surface area contributed by atoms with Crippen molar-refractivity contribution in [3.05, 3.63) is 52.3 Å². The summed E-state index contributed by atoms with van der Waals surface area (Å²) in [6.45, 7) is 0. The van der Waals surface area contributed by atoms with Crippen LogP contribution in [0.1, 0.15) is 10.4 Å². The van der Waals surface area contributed by atoms with Gasteiger partial charge in [0.05, 0.1) is 11.0 Å². The van der Waals surface area contributed by atoms with Gasteiger partial charge < -0.3 is 15.1 Å². The summed E-state index contributed by atoms with van der Waals surface area (Å²) in [5, 5.41) is 0. The third-order valence-corrected chi connectivity index (χ3v) is 2.76.